The lowest BCUT2D eigenvalue weighted by Crippen LogP contribution is -2.29. The molecule has 124 valence electrons. The lowest BCUT2D eigenvalue weighted by molar-refractivity contribution is -0.137. The third-order valence-electron chi connectivity index (χ3n) is 3.63. The van der Waals surface area contributed by atoms with Crippen LogP contribution in [-0.2, 0) is 12.6 Å². The molecule has 0 aliphatic carbocycles. The van der Waals surface area contributed by atoms with Gasteiger partial charge in [0, 0.05) is 6.54 Å². The number of rotatable bonds is 3. The molecular formula is C17H14F3N3O. The van der Waals surface area contributed by atoms with Gasteiger partial charge in [0.25, 0.3) is 0 Å². The van der Waals surface area contributed by atoms with Gasteiger partial charge in [0.2, 0.25) is 0 Å². The third kappa shape index (κ3) is 3.40. The summed E-state index contributed by atoms with van der Waals surface area (Å²) < 4.78 is 39.5. The second-order valence-corrected chi connectivity index (χ2v) is 5.28. The maximum absolute atomic E-state index is 12.8. The summed E-state index contributed by atoms with van der Waals surface area (Å²) in [5, 5.41) is 2.69. The minimum atomic E-state index is -4.47. The Kier molecular flexibility index (Phi) is 4.24. The number of carbonyl (C=O) groups excluding carboxylic acids is 1. The molecule has 1 amide bonds. The Morgan fingerprint density at radius 1 is 1.12 bits per heavy atom. The summed E-state index contributed by atoms with van der Waals surface area (Å²) in [6, 6.07) is 12.2. The minimum Gasteiger partial charge on any atom is -0.337 e. The third-order valence-corrected chi connectivity index (χ3v) is 3.63. The van der Waals surface area contributed by atoms with Crippen LogP contribution in [0.15, 0.2) is 54.9 Å². The lowest BCUT2D eigenvalue weighted by Gasteiger charge is -2.09. The van der Waals surface area contributed by atoms with E-state index in [1.807, 2.05) is 30.3 Å². The van der Waals surface area contributed by atoms with Crippen molar-refractivity contribution >= 4 is 17.1 Å². The Labute approximate surface area is 135 Å². The zero-order chi connectivity index (χ0) is 17.2. The van der Waals surface area contributed by atoms with Gasteiger partial charge in [-0.3, -0.25) is 4.57 Å². The molecule has 4 nitrogen and oxygen atoms in total. The molecule has 0 bridgehead atoms. The highest BCUT2D eigenvalue weighted by Crippen LogP contribution is 2.31. The second kappa shape index (κ2) is 6.35. The van der Waals surface area contributed by atoms with Crippen LogP contribution < -0.4 is 5.32 Å². The largest absolute Gasteiger partial charge is 0.416 e. The van der Waals surface area contributed by atoms with Crippen LogP contribution in [0.25, 0.3) is 11.0 Å². The van der Waals surface area contributed by atoms with Crippen molar-refractivity contribution in [3.05, 3.63) is 66.0 Å². The van der Waals surface area contributed by atoms with Crippen molar-refractivity contribution in [1.82, 2.24) is 14.9 Å². The Hall–Kier alpha value is -2.83. The number of hydrogen-bond acceptors (Lipinski definition) is 2. The number of nitrogens with one attached hydrogen (secondary N) is 1. The van der Waals surface area contributed by atoms with Crippen LogP contribution in [0.4, 0.5) is 18.0 Å². The Bertz CT molecular complexity index is 856. The Balaban J connectivity index is 1.75. The molecule has 24 heavy (non-hydrogen) atoms. The molecule has 3 aromatic rings. The molecule has 1 N–H and O–H groups in total. The van der Waals surface area contributed by atoms with Crippen molar-refractivity contribution in [2.24, 2.45) is 0 Å². The monoisotopic (exact) mass is 333 g/mol. The normalized spacial score (nSPS) is 11.6. The number of fused-ring (bicyclic) bond motifs is 1. The molecule has 0 unspecified atom stereocenters. The Morgan fingerprint density at radius 3 is 2.58 bits per heavy atom. The van der Waals surface area contributed by atoms with Crippen molar-refractivity contribution in [3.8, 4) is 0 Å². The van der Waals surface area contributed by atoms with Crippen LogP contribution in [0.3, 0.4) is 0 Å². The zero-order valence-corrected chi connectivity index (χ0v) is 12.5. The quantitative estimate of drug-likeness (QED) is 0.791. The first-order valence-corrected chi connectivity index (χ1v) is 7.31. The van der Waals surface area contributed by atoms with Crippen LogP contribution in [0, 0.1) is 0 Å². The van der Waals surface area contributed by atoms with Gasteiger partial charge in [-0.2, -0.15) is 13.2 Å². The van der Waals surface area contributed by atoms with E-state index in [1.165, 1.54) is 12.4 Å². The standard InChI is InChI=1S/C17H14F3N3O/c18-17(19,20)13-6-7-14-15(10-13)23(11-22-14)16(24)21-9-8-12-4-2-1-3-5-12/h1-7,10-11H,8-9H2,(H,21,24). The van der Waals surface area contributed by atoms with E-state index in [9.17, 15) is 18.0 Å². The molecule has 0 saturated carbocycles. The van der Waals surface area contributed by atoms with Gasteiger partial charge < -0.3 is 5.32 Å². The molecule has 7 heteroatoms. The van der Waals surface area contributed by atoms with Gasteiger partial charge >= 0.3 is 12.2 Å². The summed E-state index contributed by atoms with van der Waals surface area (Å²) in [6.07, 6.45) is -2.61. The summed E-state index contributed by atoms with van der Waals surface area (Å²) in [4.78, 5) is 16.2. The highest BCUT2D eigenvalue weighted by Gasteiger charge is 2.31. The first-order valence-electron chi connectivity index (χ1n) is 7.31. The van der Waals surface area contributed by atoms with Crippen molar-refractivity contribution in [2.75, 3.05) is 6.54 Å². The first kappa shape index (κ1) is 16.0. The van der Waals surface area contributed by atoms with Gasteiger partial charge in [0.05, 0.1) is 16.6 Å². The molecule has 0 aliphatic rings. The molecular weight excluding hydrogens is 319 g/mol. The second-order valence-electron chi connectivity index (χ2n) is 5.28. The van der Waals surface area contributed by atoms with Crippen LogP contribution in [0.5, 0.6) is 0 Å². The summed E-state index contributed by atoms with van der Waals surface area (Å²) in [7, 11) is 0. The number of carbonyl (C=O) groups is 1. The predicted octanol–water partition coefficient (Wildman–Crippen LogP) is 3.86. The van der Waals surface area contributed by atoms with Gasteiger partial charge in [-0.1, -0.05) is 30.3 Å². The predicted molar refractivity (Wildman–Crippen MR) is 83.7 cm³/mol. The van der Waals surface area contributed by atoms with Crippen LogP contribution in [0.2, 0.25) is 0 Å². The van der Waals surface area contributed by atoms with Gasteiger partial charge in [0.1, 0.15) is 6.33 Å². The summed E-state index contributed by atoms with van der Waals surface area (Å²) in [5.74, 6) is 0. The van der Waals surface area contributed by atoms with E-state index in [0.717, 1.165) is 22.3 Å². The number of amides is 1. The Morgan fingerprint density at radius 2 is 1.88 bits per heavy atom. The van der Waals surface area contributed by atoms with Crippen LogP contribution in [-0.4, -0.2) is 22.1 Å². The minimum absolute atomic E-state index is 0.127. The average Bonchev–Trinajstić information content (AvgIpc) is 2.98. The van der Waals surface area contributed by atoms with Crippen LogP contribution in [0.1, 0.15) is 11.1 Å². The molecule has 0 spiro atoms. The first-order chi connectivity index (χ1) is 11.4. The molecule has 0 radical (unpaired) electrons. The van der Waals surface area contributed by atoms with E-state index in [1.54, 1.807) is 0 Å². The van der Waals surface area contributed by atoms with E-state index in [2.05, 4.69) is 10.3 Å². The number of nitrogens with zero attached hydrogens (tertiary/aromatic N) is 2. The molecule has 0 saturated heterocycles. The van der Waals surface area contributed by atoms with Crippen molar-refractivity contribution in [2.45, 2.75) is 12.6 Å². The van der Waals surface area contributed by atoms with E-state index < -0.39 is 17.8 Å². The maximum Gasteiger partial charge on any atom is 0.416 e. The van der Waals surface area contributed by atoms with Gasteiger partial charge in [-0.25, -0.2) is 9.78 Å². The number of imidazole rings is 1. The average molecular weight is 333 g/mol. The SMILES string of the molecule is O=C(NCCc1ccccc1)n1cnc2ccc(C(F)(F)F)cc21. The molecule has 1 heterocycles. The number of aromatic nitrogens is 2. The fourth-order valence-electron chi connectivity index (χ4n) is 2.39. The lowest BCUT2D eigenvalue weighted by atomic mass is 10.1. The zero-order valence-electron chi connectivity index (χ0n) is 12.5. The highest BCUT2D eigenvalue weighted by molar-refractivity contribution is 5.89. The van der Waals surface area contributed by atoms with Gasteiger partial charge in [0.15, 0.2) is 0 Å². The van der Waals surface area contributed by atoms with Crippen molar-refractivity contribution < 1.29 is 18.0 Å². The fourth-order valence-corrected chi connectivity index (χ4v) is 2.39. The van der Waals surface area contributed by atoms with E-state index in [0.29, 0.717) is 18.5 Å². The summed E-state index contributed by atoms with van der Waals surface area (Å²) in [5.41, 5.74) is 0.713. The molecule has 0 aliphatic heterocycles. The molecule has 3 rings (SSSR count). The van der Waals surface area contributed by atoms with E-state index >= 15 is 0 Å². The summed E-state index contributed by atoms with van der Waals surface area (Å²) >= 11 is 0. The molecule has 0 atom stereocenters. The molecule has 2 aromatic carbocycles. The van der Waals surface area contributed by atoms with Crippen molar-refractivity contribution in [1.29, 1.82) is 0 Å². The number of benzene rings is 2. The van der Waals surface area contributed by atoms with Gasteiger partial charge in [-0.05, 0) is 30.2 Å². The van der Waals surface area contributed by atoms with E-state index in [-0.39, 0.29) is 5.52 Å². The topological polar surface area (TPSA) is 46.9 Å². The molecule has 0 fully saturated rings. The smallest absolute Gasteiger partial charge is 0.337 e. The van der Waals surface area contributed by atoms with Crippen LogP contribution >= 0.6 is 0 Å². The number of halogens is 3. The number of hydrogen-bond donors (Lipinski definition) is 1. The van der Waals surface area contributed by atoms with Gasteiger partial charge in [-0.15, -0.1) is 0 Å². The van der Waals surface area contributed by atoms with Crippen molar-refractivity contribution in [3.63, 3.8) is 0 Å². The molecule has 1 aromatic heterocycles. The summed E-state index contributed by atoms with van der Waals surface area (Å²) in [6.45, 7) is 0.376. The maximum atomic E-state index is 12.8. The fraction of sp³-hybridized carbons (Fsp3) is 0.176. The highest BCUT2D eigenvalue weighted by atomic mass is 19.4. The number of alkyl halides is 3. The van der Waals surface area contributed by atoms with E-state index in [4.69, 9.17) is 0 Å².